The molecule has 1 aliphatic rings. The van der Waals surface area contributed by atoms with Gasteiger partial charge in [-0.2, -0.15) is 0 Å². The summed E-state index contributed by atoms with van der Waals surface area (Å²) in [7, 11) is 0. The Kier molecular flexibility index (Phi) is 6.78. The number of halogens is 1. The van der Waals surface area contributed by atoms with Crippen LogP contribution in [-0.2, 0) is 9.47 Å². The lowest BCUT2D eigenvalue weighted by Gasteiger charge is -2.15. The minimum atomic E-state index is -0.861. The number of benzene rings is 1. The molecule has 1 aromatic carbocycles. The second-order valence-electron chi connectivity index (χ2n) is 7.06. The molecule has 2 heterocycles. The highest BCUT2D eigenvalue weighted by Crippen LogP contribution is 2.30. The number of carbonyl (C=O) groups excluding carboxylic acids is 2. The highest BCUT2D eigenvalue weighted by atomic mass is 19.1. The van der Waals surface area contributed by atoms with E-state index >= 15 is 0 Å². The van der Waals surface area contributed by atoms with E-state index in [1.54, 1.807) is 12.4 Å². The number of nitrogens with two attached hydrogens (primary N) is 1. The van der Waals surface area contributed by atoms with E-state index in [4.69, 9.17) is 15.2 Å². The zero-order valence-electron chi connectivity index (χ0n) is 16.7. The molecule has 3 rings (SSSR count). The fourth-order valence-electron chi connectivity index (χ4n) is 2.89. The van der Waals surface area contributed by atoms with Crippen molar-refractivity contribution in [2.45, 2.75) is 44.9 Å². The van der Waals surface area contributed by atoms with Crippen LogP contribution in [0.15, 0.2) is 30.6 Å². The molecule has 4 N–H and O–H groups in total. The van der Waals surface area contributed by atoms with Gasteiger partial charge in [0.15, 0.2) is 0 Å². The SMILES string of the molecule is CC[C@H](C)NC(=O)OC1COC(c2cnc(Nc3ccc(F)c(C(N)=O)c3)nc2)C1. The summed E-state index contributed by atoms with van der Waals surface area (Å²) < 4.78 is 24.6. The Morgan fingerprint density at radius 3 is 2.77 bits per heavy atom. The molecule has 1 fully saturated rings. The van der Waals surface area contributed by atoms with Gasteiger partial charge in [-0.05, 0) is 31.5 Å². The summed E-state index contributed by atoms with van der Waals surface area (Å²) in [6.07, 6.45) is 3.43. The average Bonchev–Trinajstić information content (AvgIpc) is 3.17. The Hall–Kier alpha value is -3.27. The van der Waals surface area contributed by atoms with Gasteiger partial charge in [0.2, 0.25) is 5.95 Å². The molecule has 9 nitrogen and oxygen atoms in total. The lowest BCUT2D eigenvalue weighted by molar-refractivity contribution is 0.0686. The maximum Gasteiger partial charge on any atom is 0.407 e. The van der Waals surface area contributed by atoms with Gasteiger partial charge in [0, 0.05) is 36.1 Å². The smallest absolute Gasteiger partial charge is 0.407 e. The number of nitrogens with one attached hydrogen (secondary N) is 2. The van der Waals surface area contributed by atoms with Crippen molar-refractivity contribution in [2.24, 2.45) is 5.73 Å². The number of nitrogens with zero attached hydrogens (tertiary/aromatic N) is 2. The van der Waals surface area contributed by atoms with Crippen LogP contribution in [0.5, 0.6) is 0 Å². The summed E-state index contributed by atoms with van der Waals surface area (Å²) in [6, 6.07) is 3.93. The Balaban J connectivity index is 1.57. The average molecular weight is 417 g/mol. The third-order valence-electron chi connectivity index (χ3n) is 4.74. The van der Waals surface area contributed by atoms with Gasteiger partial charge in [0.1, 0.15) is 11.9 Å². The molecule has 1 saturated heterocycles. The van der Waals surface area contributed by atoms with E-state index < -0.39 is 17.8 Å². The van der Waals surface area contributed by atoms with Crippen molar-refractivity contribution in [1.82, 2.24) is 15.3 Å². The molecule has 1 aliphatic heterocycles. The molecule has 0 radical (unpaired) electrons. The van der Waals surface area contributed by atoms with E-state index in [2.05, 4.69) is 20.6 Å². The van der Waals surface area contributed by atoms with Crippen LogP contribution < -0.4 is 16.4 Å². The Bertz CT molecular complexity index is 909. The number of carbonyl (C=O) groups is 2. The number of hydrogen-bond acceptors (Lipinski definition) is 7. The summed E-state index contributed by atoms with van der Waals surface area (Å²) >= 11 is 0. The van der Waals surface area contributed by atoms with E-state index in [0.29, 0.717) is 18.7 Å². The first-order valence-corrected chi connectivity index (χ1v) is 9.62. The number of primary amides is 1. The molecular weight excluding hydrogens is 393 g/mol. The quantitative estimate of drug-likeness (QED) is 0.632. The molecule has 0 bridgehead atoms. The van der Waals surface area contributed by atoms with Crippen LogP contribution in [0.25, 0.3) is 0 Å². The van der Waals surface area contributed by atoms with Gasteiger partial charge in [-0.15, -0.1) is 0 Å². The maximum absolute atomic E-state index is 13.6. The van der Waals surface area contributed by atoms with Crippen molar-refractivity contribution < 1.29 is 23.5 Å². The van der Waals surface area contributed by atoms with Gasteiger partial charge in [-0.3, -0.25) is 4.79 Å². The van der Waals surface area contributed by atoms with Gasteiger partial charge < -0.3 is 25.8 Å². The molecule has 0 saturated carbocycles. The summed E-state index contributed by atoms with van der Waals surface area (Å²) in [5, 5.41) is 5.64. The van der Waals surface area contributed by atoms with Gasteiger partial charge in [-0.25, -0.2) is 19.2 Å². The monoisotopic (exact) mass is 417 g/mol. The highest BCUT2D eigenvalue weighted by molar-refractivity contribution is 5.94. The second kappa shape index (κ2) is 9.49. The van der Waals surface area contributed by atoms with E-state index in [1.165, 1.54) is 12.1 Å². The Labute approximate surface area is 173 Å². The molecule has 1 aromatic heterocycles. The van der Waals surface area contributed by atoms with Gasteiger partial charge in [-0.1, -0.05) is 6.92 Å². The number of ether oxygens (including phenoxy) is 2. The first kappa shape index (κ1) is 21.4. The van der Waals surface area contributed by atoms with Crippen LogP contribution in [0.1, 0.15) is 48.7 Å². The molecule has 10 heteroatoms. The number of amides is 2. The van der Waals surface area contributed by atoms with Crippen LogP contribution >= 0.6 is 0 Å². The van der Waals surface area contributed by atoms with Crippen molar-refractivity contribution in [2.75, 3.05) is 11.9 Å². The highest BCUT2D eigenvalue weighted by Gasteiger charge is 2.30. The van der Waals surface area contributed by atoms with Crippen LogP contribution in [0.4, 0.5) is 20.8 Å². The third kappa shape index (κ3) is 5.41. The lowest BCUT2D eigenvalue weighted by Crippen LogP contribution is -2.35. The molecule has 0 spiro atoms. The van der Waals surface area contributed by atoms with Crippen molar-refractivity contribution in [3.05, 3.63) is 47.5 Å². The van der Waals surface area contributed by atoms with Crippen molar-refractivity contribution in [1.29, 1.82) is 0 Å². The van der Waals surface area contributed by atoms with E-state index in [0.717, 1.165) is 18.1 Å². The summed E-state index contributed by atoms with van der Waals surface area (Å²) in [5.41, 5.74) is 6.10. The molecule has 30 heavy (non-hydrogen) atoms. The fourth-order valence-corrected chi connectivity index (χ4v) is 2.89. The predicted octanol–water partition coefficient (Wildman–Crippen LogP) is 2.81. The van der Waals surface area contributed by atoms with Crippen LogP contribution in [0, 0.1) is 5.82 Å². The summed E-state index contributed by atoms with van der Waals surface area (Å²) in [6.45, 7) is 4.18. The van der Waals surface area contributed by atoms with Crippen LogP contribution in [0.3, 0.4) is 0 Å². The van der Waals surface area contributed by atoms with Crippen molar-refractivity contribution in [3.8, 4) is 0 Å². The predicted molar refractivity (Wildman–Crippen MR) is 107 cm³/mol. The molecule has 2 aromatic rings. The number of alkyl carbamates (subject to hydrolysis) is 1. The largest absolute Gasteiger partial charge is 0.444 e. The van der Waals surface area contributed by atoms with Crippen LogP contribution in [-0.4, -0.2) is 40.7 Å². The molecule has 2 amide bonds. The van der Waals surface area contributed by atoms with E-state index in [9.17, 15) is 14.0 Å². The summed E-state index contributed by atoms with van der Waals surface area (Å²) in [4.78, 5) is 31.5. The minimum Gasteiger partial charge on any atom is -0.444 e. The zero-order valence-corrected chi connectivity index (χ0v) is 16.7. The van der Waals surface area contributed by atoms with E-state index in [1.807, 2.05) is 13.8 Å². The number of hydrogen-bond donors (Lipinski definition) is 3. The van der Waals surface area contributed by atoms with Crippen LogP contribution in [0.2, 0.25) is 0 Å². The minimum absolute atomic E-state index is 0.0456. The molecule has 160 valence electrons. The van der Waals surface area contributed by atoms with Gasteiger partial charge in [0.25, 0.3) is 5.91 Å². The Morgan fingerprint density at radius 1 is 1.37 bits per heavy atom. The molecule has 0 aliphatic carbocycles. The second-order valence-corrected chi connectivity index (χ2v) is 7.06. The summed E-state index contributed by atoms with van der Waals surface area (Å²) in [5.74, 6) is -1.29. The first-order valence-electron chi connectivity index (χ1n) is 9.62. The first-order chi connectivity index (χ1) is 14.4. The normalized spacial score (nSPS) is 19.2. The number of rotatable bonds is 7. The molecular formula is C20H24FN5O4. The lowest BCUT2D eigenvalue weighted by atomic mass is 10.1. The Morgan fingerprint density at radius 2 is 2.10 bits per heavy atom. The van der Waals surface area contributed by atoms with E-state index in [-0.39, 0.29) is 29.8 Å². The standard InChI is InChI=1S/C20H24FN5O4/c1-3-11(2)25-20(28)30-14-7-17(29-10-14)12-8-23-19(24-9-12)26-13-4-5-16(21)15(6-13)18(22)27/h4-6,8-9,11,14,17H,3,7,10H2,1-2H3,(H2,22,27)(H,25,28)(H,23,24,26)/t11-,14?,17?/m0/s1. The third-order valence-corrected chi connectivity index (χ3v) is 4.74. The fraction of sp³-hybridized carbons (Fsp3) is 0.400. The van der Waals surface area contributed by atoms with Crippen molar-refractivity contribution in [3.63, 3.8) is 0 Å². The number of anilines is 2. The topological polar surface area (TPSA) is 128 Å². The van der Waals surface area contributed by atoms with Crippen molar-refractivity contribution >= 4 is 23.6 Å². The maximum atomic E-state index is 13.6. The molecule has 2 unspecified atom stereocenters. The molecule has 3 atom stereocenters. The number of aromatic nitrogens is 2. The van der Waals surface area contributed by atoms with Gasteiger partial charge >= 0.3 is 6.09 Å². The zero-order chi connectivity index (χ0) is 21.7. The van der Waals surface area contributed by atoms with Gasteiger partial charge in [0.05, 0.1) is 18.3 Å².